The van der Waals surface area contributed by atoms with Crippen molar-refractivity contribution in [3.05, 3.63) is 70.7 Å². The summed E-state index contributed by atoms with van der Waals surface area (Å²) in [5.41, 5.74) is 11.5. The van der Waals surface area contributed by atoms with Gasteiger partial charge in [0.25, 0.3) is 0 Å². The molecule has 0 bridgehead atoms. The molecule has 3 N–H and O–H groups in total. The highest BCUT2D eigenvalue weighted by Crippen LogP contribution is 2.29. The predicted molar refractivity (Wildman–Crippen MR) is 87.6 cm³/mol. The monoisotopic (exact) mass is 313 g/mol. The Kier molecular flexibility index (Phi) is 4.11. The van der Waals surface area contributed by atoms with E-state index < -0.39 is 5.92 Å². The van der Waals surface area contributed by atoms with Gasteiger partial charge >= 0.3 is 0 Å². The van der Waals surface area contributed by atoms with Crippen LogP contribution in [0.15, 0.2) is 59.7 Å². The van der Waals surface area contributed by atoms with Crippen molar-refractivity contribution in [1.82, 2.24) is 5.43 Å². The molecular weight excluding hydrogens is 298 g/mol. The smallest absolute Gasteiger partial charge is 0.228 e. The van der Waals surface area contributed by atoms with Crippen LogP contribution < -0.4 is 11.2 Å². The molecular formula is C17H16ClN3O. The zero-order chi connectivity index (χ0) is 15.5. The summed E-state index contributed by atoms with van der Waals surface area (Å²) in [6, 6.07) is 17.0. The molecule has 1 heterocycles. The first-order valence-corrected chi connectivity index (χ1v) is 7.43. The minimum Gasteiger partial charge on any atom is -0.369 e. The van der Waals surface area contributed by atoms with E-state index in [0.717, 1.165) is 16.8 Å². The first-order chi connectivity index (χ1) is 10.6. The number of halogens is 1. The maximum atomic E-state index is 11.9. The SMILES string of the molecule is NC(=O)C1C(Cc2ccccc2)=NNC1c1ccc(Cl)cc1. The van der Waals surface area contributed by atoms with Crippen LogP contribution in [0.25, 0.3) is 0 Å². The second-order valence-electron chi connectivity index (χ2n) is 5.30. The van der Waals surface area contributed by atoms with Crippen LogP contribution >= 0.6 is 11.6 Å². The summed E-state index contributed by atoms with van der Waals surface area (Å²) in [4.78, 5) is 11.9. The average Bonchev–Trinajstić information content (AvgIpc) is 2.93. The van der Waals surface area contributed by atoms with Crippen LogP contribution in [0.4, 0.5) is 0 Å². The molecule has 0 radical (unpaired) electrons. The van der Waals surface area contributed by atoms with Crippen molar-refractivity contribution >= 4 is 23.2 Å². The third-order valence-electron chi connectivity index (χ3n) is 3.80. The summed E-state index contributed by atoms with van der Waals surface area (Å²) < 4.78 is 0. The van der Waals surface area contributed by atoms with Gasteiger partial charge < -0.3 is 11.2 Å². The molecule has 0 saturated heterocycles. The third-order valence-corrected chi connectivity index (χ3v) is 4.06. The Labute approximate surface area is 134 Å². The fourth-order valence-electron chi connectivity index (χ4n) is 2.71. The lowest BCUT2D eigenvalue weighted by atomic mass is 9.87. The van der Waals surface area contributed by atoms with Crippen molar-refractivity contribution in [1.29, 1.82) is 0 Å². The van der Waals surface area contributed by atoms with Crippen molar-refractivity contribution in [2.24, 2.45) is 16.8 Å². The van der Waals surface area contributed by atoms with E-state index in [4.69, 9.17) is 17.3 Å². The van der Waals surface area contributed by atoms with Crippen molar-refractivity contribution < 1.29 is 4.79 Å². The van der Waals surface area contributed by atoms with Crippen molar-refractivity contribution in [2.45, 2.75) is 12.5 Å². The molecule has 0 fully saturated rings. The first-order valence-electron chi connectivity index (χ1n) is 7.06. The minimum absolute atomic E-state index is 0.242. The Morgan fingerprint density at radius 1 is 1.14 bits per heavy atom. The fourth-order valence-corrected chi connectivity index (χ4v) is 2.83. The van der Waals surface area contributed by atoms with E-state index in [9.17, 15) is 4.79 Å². The van der Waals surface area contributed by atoms with Gasteiger partial charge in [0, 0.05) is 11.4 Å². The molecule has 0 aliphatic carbocycles. The number of rotatable bonds is 4. The van der Waals surface area contributed by atoms with Gasteiger partial charge in [0.05, 0.1) is 11.8 Å². The molecule has 0 spiro atoms. The van der Waals surface area contributed by atoms with Crippen molar-refractivity contribution in [3.8, 4) is 0 Å². The van der Waals surface area contributed by atoms with Gasteiger partial charge in [0.1, 0.15) is 5.92 Å². The highest BCUT2D eigenvalue weighted by atomic mass is 35.5. The molecule has 3 rings (SSSR count). The molecule has 2 unspecified atom stereocenters. The largest absolute Gasteiger partial charge is 0.369 e. The quantitative estimate of drug-likeness (QED) is 0.911. The van der Waals surface area contributed by atoms with E-state index in [1.807, 2.05) is 42.5 Å². The maximum absolute atomic E-state index is 11.9. The van der Waals surface area contributed by atoms with E-state index in [0.29, 0.717) is 11.4 Å². The summed E-state index contributed by atoms with van der Waals surface area (Å²) in [5, 5.41) is 5.00. The minimum atomic E-state index is -0.457. The molecule has 2 aromatic carbocycles. The van der Waals surface area contributed by atoms with Crippen molar-refractivity contribution in [2.75, 3.05) is 0 Å². The highest BCUT2D eigenvalue weighted by molar-refractivity contribution is 6.30. The molecule has 2 aromatic rings. The predicted octanol–water partition coefficient (Wildman–Crippen LogP) is 2.68. The zero-order valence-corrected chi connectivity index (χ0v) is 12.6. The highest BCUT2D eigenvalue weighted by Gasteiger charge is 2.36. The van der Waals surface area contributed by atoms with Crippen LogP contribution in [0.2, 0.25) is 5.02 Å². The van der Waals surface area contributed by atoms with Gasteiger partial charge in [-0.2, -0.15) is 5.10 Å². The number of carbonyl (C=O) groups is 1. The number of primary amides is 1. The molecule has 4 nitrogen and oxygen atoms in total. The standard InChI is InChI=1S/C17H16ClN3O/c18-13-8-6-12(7-9-13)16-15(17(19)22)14(20-21-16)10-11-4-2-1-3-5-11/h1-9,15-16,21H,10H2,(H2,19,22). The lowest BCUT2D eigenvalue weighted by Crippen LogP contribution is -2.34. The Morgan fingerprint density at radius 2 is 1.82 bits per heavy atom. The van der Waals surface area contributed by atoms with E-state index in [1.165, 1.54) is 0 Å². The third kappa shape index (κ3) is 2.97. The lowest BCUT2D eigenvalue weighted by Gasteiger charge is -2.18. The Balaban J connectivity index is 1.84. The number of hydrogen-bond acceptors (Lipinski definition) is 3. The summed E-state index contributed by atoms with van der Waals surface area (Å²) in [6.07, 6.45) is 0.603. The Bertz CT molecular complexity index is 698. The van der Waals surface area contributed by atoms with Gasteiger partial charge in [-0.05, 0) is 23.3 Å². The van der Waals surface area contributed by atoms with Crippen LogP contribution in [0, 0.1) is 5.92 Å². The molecule has 5 heteroatoms. The van der Waals surface area contributed by atoms with Crippen LogP contribution in [0.3, 0.4) is 0 Å². The van der Waals surface area contributed by atoms with Gasteiger partial charge in [0.15, 0.2) is 0 Å². The zero-order valence-electron chi connectivity index (χ0n) is 11.9. The van der Waals surface area contributed by atoms with Crippen LogP contribution in [-0.4, -0.2) is 11.6 Å². The maximum Gasteiger partial charge on any atom is 0.228 e. The van der Waals surface area contributed by atoms with Gasteiger partial charge in [-0.1, -0.05) is 54.1 Å². The second-order valence-corrected chi connectivity index (χ2v) is 5.74. The fraction of sp³-hybridized carbons (Fsp3) is 0.176. The molecule has 0 saturated carbocycles. The number of amides is 1. The summed E-state index contributed by atoms with van der Waals surface area (Å²) >= 11 is 5.91. The van der Waals surface area contributed by atoms with E-state index >= 15 is 0 Å². The molecule has 2 atom stereocenters. The first kappa shape index (κ1) is 14.6. The number of nitrogens with two attached hydrogens (primary N) is 1. The number of hydrazone groups is 1. The number of hydrogen-bond donors (Lipinski definition) is 2. The molecule has 22 heavy (non-hydrogen) atoms. The molecule has 112 valence electrons. The number of nitrogens with zero attached hydrogens (tertiary/aromatic N) is 1. The number of benzene rings is 2. The van der Waals surface area contributed by atoms with Gasteiger partial charge in [-0.3, -0.25) is 4.79 Å². The molecule has 0 aromatic heterocycles. The topological polar surface area (TPSA) is 67.5 Å². The summed E-state index contributed by atoms with van der Waals surface area (Å²) in [6.45, 7) is 0. The average molecular weight is 314 g/mol. The van der Waals surface area contributed by atoms with Crippen LogP contribution in [0.1, 0.15) is 17.2 Å². The summed E-state index contributed by atoms with van der Waals surface area (Å²) in [7, 11) is 0. The van der Waals surface area contributed by atoms with E-state index in [-0.39, 0.29) is 11.9 Å². The number of carbonyl (C=O) groups excluding carboxylic acids is 1. The van der Waals surface area contributed by atoms with Crippen LogP contribution in [0.5, 0.6) is 0 Å². The van der Waals surface area contributed by atoms with Crippen molar-refractivity contribution in [3.63, 3.8) is 0 Å². The van der Waals surface area contributed by atoms with Crippen LogP contribution in [-0.2, 0) is 11.2 Å². The lowest BCUT2D eigenvalue weighted by molar-refractivity contribution is -0.120. The normalized spacial score (nSPS) is 20.3. The van der Waals surface area contributed by atoms with E-state index in [1.54, 1.807) is 12.1 Å². The molecule has 1 aliphatic heterocycles. The molecule has 1 amide bonds. The Hall–Kier alpha value is -2.33. The van der Waals surface area contributed by atoms with Gasteiger partial charge in [0.2, 0.25) is 5.91 Å². The van der Waals surface area contributed by atoms with Gasteiger partial charge in [-0.25, -0.2) is 0 Å². The summed E-state index contributed by atoms with van der Waals surface area (Å²) in [5.74, 6) is -0.832. The second kappa shape index (κ2) is 6.20. The number of nitrogens with one attached hydrogen (secondary N) is 1. The van der Waals surface area contributed by atoms with E-state index in [2.05, 4.69) is 10.5 Å². The van der Waals surface area contributed by atoms with Gasteiger partial charge in [-0.15, -0.1) is 0 Å². The molecule has 1 aliphatic rings. The Morgan fingerprint density at radius 3 is 2.45 bits per heavy atom.